The third-order valence-electron chi connectivity index (χ3n) is 3.61. The molecule has 0 radical (unpaired) electrons. The van der Waals surface area contributed by atoms with E-state index in [-0.39, 0.29) is 0 Å². The number of rotatable bonds is 3. The number of nitrogens with zero attached hydrogens (tertiary/aromatic N) is 5. The van der Waals surface area contributed by atoms with Crippen molar-refractivity contribution in [2.75, 3.05) is 41.7 Å². The maximum atomic E-state index is 6.00. The minimum Gasteiger partial charge on any atom is -0.396 e. The van der Waals surface area contributed by atoms with E-state index in [9.17, 15) is 0 Å². The zero-order chi connectivity index (χ0) is 14.8. The quantitative estimate of drug-likeness (QED) is 0.934. The molecule has 1 aliphatic rings. The molecule has 7 heteroatoms. The summed E-state index contributed by atoms with van der Waals surface area (Å²) in [6.07, 6.45) is 1.79. The van der Waals surface area contributed by atoms with Crippen molar-refractivity contribution in [1.82, 2.24) is 14.3 Å². The van der Waals surface area contributed by atoms with Crippen molar-refractivity contribution in [2.45, 2.75) is 19.8 Å². The monoisotopic (exact) mass is 304 g/mol. The molecule has 0 unspecified atom stereocenters. The summed E-state index contributed by atoms with van der Waals surface area (Å²) in [5, 5.41) is 1.02. The molecule has 1 fully saturated rings. The standard InChI is InChI=1S/C14H20N6S/c1-10(2)12-17-14(21-18-12)20-8-6-19(7-9-20)13-11(15)4-3-5-16-13/h3-5,10H,6-9,15H2,1-2H3. The number of anilines is 3. The molecule has 2 aromatic heterocycles. The Hall–Kier alpha value is -1.89. The fraction of sp³-hybridized carbons (Fsp3) is 0.500. The highest BCUT2D eigenvalue weighted by atomic mass is 32.1. The lowest BCUT2D eigenvalue weighted by Gasteiger charge is -2.35. The molecule has 3 rings (SSSR count). The highest BCUT2D eigenvalue weighted by Crippen LogP contribution is 2.25. The van der Waals surface area contributed by atoms with E-state index in [2.05, 4.69) is 38.0 Å². The average molecular weight is 304 g/mol. The van der Waals surface area contributed by atoms with Crippen molar-refractivity contribution in [3.8, 4) is 0 Å². The van der Waals surface area contributed by atoms with Crippen molar-refractivity contribution in [2.24, 2.45) is 0 Å². The summed E-state index contributed by atoms with van der Waals surface area (Å²) in [5.41, 5.74) is 6.74. The number of aromatic nitrogens is 3. The first-order valence-corrected chi connectivity index (χ1v) is 7.96. The Bertz CT molecular complexity index is 603. The Morgan fingerprint density at radius 1 is 1.19 bits per heavy atom. The fourth-order valence-corrected chi connectivity index (χ4v) is 3.23. The molecule has 112 valence electrons. The molecule has 21 heavy (non-hydrogen) atoms. The molecule has 0 bridgehead atoms. The van der Waals surface area contributed by atoms with Gasteiger partial charge in [0.05, 0.1) is 5.69 Å². The summed E-state index contributed by atoms with van der Waals surface area (Å²) < 4.78 is 4.43. The van der Waals surface area contributed by atoms with Gasteiger partial charge in [0.1, 0.15) is 5.82 Å². The first-order valence-electron chi connectivity index (χ1n) is 7.19. The molecule has 0 saturated carbocycles. The lowest BCUT2D eigenvalue weighted by Crippen LogP contribution is -2.47. The van der Waals surface area contributed by atoms with Crippen molar-refractivity contribution in [3.05, 3.63) is 24.2 Å². The van der Waals surface area contributed by atoms with Crippen molar-refractivity contribution in [3.63, 3.8) is 0 Å². The summed E-state index contributed by atoms with van der Waals surface area (Å²) >= 11 is 1.49. The number of nitrogens with two attached hydrogens (primary N) is 1. The minimum atomic E-state index is 0.379. The van der Waals surface area contributed by atoms with E-state index in [0.29, 0.717) is 5.92 Å². The van der Waals surface area contributed by atoms with Crippen LogP contribution >= 0.6 is 11.5 Å². The summed E-state index contributed by atoms with van der Waals surface area (Å²) in [6.45, 7) is 7.88. The molecule has 0 aromatic carbocycles. The van der Waals surface area contributed by atoms with E-state index in [1.165, 1.54) is 11.5 Å². The van der Waals surface area contributed by atoms with Gasteiger partial charge in [-0.1, -0.05) is 13.8 Å². The smallest absolute Gasteiger partial charge is 0.205 e. The molecule has 2 aromatic rings. The SMILES string of the molecule is CC(C)c1nsc(N2CCN(c3ncccc3N)CC2)n1. The maximum Gasteiger partial charge on any atom is 0.205 e. The zero-order valence-electron chi connectivity index (χ0n) is 12.4. The summed E-state index contributed by atoms with van der Waals surface area (Å²) in [6, 6.07) is 3.76. The first kappa shape index (κ1) is 14.1. The normalized spacial score (nSPS) is 15.8. The van der Waals surface area contributed by atoms with Gasteiger partial charge in [0.25, 0.3) is 0 Å². The average Bonchev–Trinajstić information content (AvgIpc) is 2.98. The predicted octanol–water partition coefficient (Wildman–Crippen LogP) is 1.97. The van der Waals surface area contributed by atoms with Crippen molar-refractivity contribution in [1.29, 1.82) is 0 Å². The number of nitrogen functional groups attached to an aromatic ring is 1. The van der Waals surface area contributed by atoms with Gasteiger partial charge in [-0.3, -0.25) is 0 Å². The Morgan fingerprint density at radius 2 is 1.90 bits per heavy atom. The highest BCUT2D eigenvalue weighted by molar-refractivity contribution is 7.09. The van der Waals surface area contributed by atoms with Crippen LogP contribution in [0.1, 0.15) is 25.6 Å². The van der Waals surface area contributed by atoms with Crippen LogP contribution in [0.3, 0.4) is 0 Å². The van der Waals surface area contributed by atoms with Gasteiger partial charge in [0.15, 0.2) is 5.82 Å². The van der Waals surface area contributed by atoms with Crippen LogP contribution < -0.4 is 15.5 Å². The summed E-state index contributed by atoms with van der Waals surface area (Å²) in [7, 11) is 0. The van der Waals surface area contributed by atoms with Gasteiger partial charge < -0.3 is 15.5 Å². The lowest BCUT2D eigenvalue weighted by molar-refractivity contribution is 0.645. The van der Waals surface area contributed by atoms with Gasteiger partial charge in [-0.15, -0.1) is 0 Å². The van der Waals surface area contributed by atoms with Crippen LogP contribution in [-0.2, 0) is 0 Å². The van der Waals surface area contributed by atoms with Crippen LogP contribution in [0, 0.1) is 0 Å². The van der Waals surface area contributed by atoms with Crippen LogP contribution in [0.2, 0.25) is 0 Å². The molecule has 1 aliphatic heterocycles. The molecule has 6 nitrogen and oxygen atoms in total. The van der Waals surface area contributed by atoms with E-state index in [4.69, 9.17) is 5.73 Å². The molecular formula is C14H20N6S. The minimum absolute atomic E-state index is 0.379. The van der Waals surface area contributed by atoms with E-state index in [1.807, 2.05) is 12.1 Å². The molecular weight excluding hydrogens is 284 g/mol. The van der Waals surface area contributed by atoms with E-state index in [0.717, 1.165) is 48.6 Å². The predicted molar refractivity (Wildman–Crippen MR) is 87.1 cm³/mol. The van der Waals surface area contributed by atoms with E-state index < -0.39 is 0 Å². The number of pyridine rings is 1. The first-order chi connectivity index (χ1) is 10.1. The third-order valence-corrected chi connectivity index (χ3v) is 4.41. The van der Waals surface area contributed by atoms with Gasteiger partial charge in [-0.2, -0.15) is 4.37 Å². The summed E-state index contributed by atoms with van der Waals surface area (Å²) in [5.74, 6) is 2.20. The fourth-order valence-electron chi connectivity index (χ4n) is 2.37. The highest BCUT2D eigenvalue weighted by Gasteiger charge is 2.22. The number of piperazine rings is 1. The van der Waals surface area contributed by atoms with Gasteiger partial charge in [0, 0.05) is 49.8 Å². The second kappa shape index (κ2) is 5.85. The molecule has 0 atom stereocenters. The number of hydrogen-bond acceptors (Lipinski definition) is 7. The van der Waals surface area contributed by atoms with Gasteiger partial charge in [-0.25, -0.2) is 9.97 Å². The van der Waals surface area contributed by atoms with Gasteiger partial charge in [-0.05, 0) is 12.1 Å². The molecule has 3 heterocycles. The van der Waals surface area contributed by atoms with E-state index >= 15 is 0 Å². The van der Waals surface area contributed by atoms with Gasteiger partial charge in [0.2, 0.25) is 5.13 Å². The number of hydrogen-bond donors (Lipinski definition) is 1. The molecule has 1 saturated heterocycles. The molecule has 0 spiro atoms. The van der Waals surface area contributed by atoms with Crippen molar-refractivity contribution >= 4 is 28.2 Å². The summed E-state index contributed by atoms with van der Waals surface area (Å²) in [4.78, 5) is 13.5. The van der Waals surface area contributed by atoms with Gasteiger partial charge >= 0.3 is 0 Å². The molecule has 0 amide bonds. The molecule has 0 aliphatic carbocycles. The maximum absolute atomic E-state index is 6.00. The van der Waals surface area contributed by atoms with Crippen LogP contribution in [-0.4, -0.2) is 40.5 Å². The van der Waals surface area contributed by atoms with Crippen molar-refractivity contribution < 1.29 is 0 Å². The second-order valence-corrected chi connectivity index (χ2v) is 6.21. The third kappa shape index (κ3) is 2.92. The zero-order valence-corrected chi connectivity index (χ0v) is 13.2. The van der Waals surface area contributed by atoms with Crippen LogP contribution in [0.15, 0.2) is 18.3 Å². The van der Waals surface area contributed by atoms with Crippen LogP contribution in [0.25, 0.3) is 0 Å². The second-order valence-electron chi connectivity index (χ2n) is 5.48. The van der Waals surface area contributed by atoms with E-state index in [1.54, 1.807) is 6.20 Å². The lowest BCUT2D eigenvalue weighted by atomic mass is 10.2. The Labute approximate surface area is 128 Å². The Kier molecular flexibility index (Phi) is 3.92. The molecule has 2 N–H and O–H groups in total. The Balaban J connectivity index is 1.66. The topological polar surface area (TPSA) is 71.2 Å². The van der Waals surface area contributed by atoms with Crippen LogP contribution in [0.4, 0.5) is 16.6 Å². The Morgan fingerprint density at radius 3 is 2.52 bits per heavy atom. The largest absolute Gasteiger partial charge is 0.396 e. The van der Waals surface area contributed by atoms with Crippen LogP contribution in [0.5, 0.6) is 0 Å².